The third-order valence-electron chi connectivity index (χ3n) is 2.32. The molecule has 0 amide bonds. The van der Waals surface area contributed by atoms with Crippen LogP contribution in [0.15, 0.2) is 18.3 Å². The van der Waals surface area contributed by atoms with Crippen molar-refractivity contribution in [1.82, 2.24) is 4.98 Å². The molecule has 1 aromatic heterocycles. The Labute approximate surface area is 93.4 Å². The molecule has 2 heterocycles. The van der Waals surface area contributed by atoms with Gasteiger partial charge in [-0.05, 0) is 36.5 Å². The van der Waals surface area contributed by atoms with E-state index in [1.807, 2.05) is 23.9 Å². The molecule has 0 bridgehead atoms. The summed E-state index contributed by atoms with van der Waals surface area (Å²) in [5.74, 6) is 3.30. The molecule has 1 N–H and O–H groups in total. The highest BCUT2D eigenvalue weighted by molar-refractivity contribution is 7.99. The van der Waals surface area contributed by atoms with Crippen LogP contribution in [0.4, 0.5) is 5.82 Å². The fourth-order valence-electron chi connectivity index (χ4n) is 1.53. The van der Waals surface area contributed by atoms with Crippen molar-refractivity contribution in [2.45, 2.75) is 18.9 Å². The lowest BCUT2D eigenvalue weighted by Gasteiger charge is -2.23. The van der Waals surface area contributed by atoms with Crippen LogP contribution in [0, 0.1) is 0 Å². The Kier molecular flexibility index (Phi) is 3.54. The van der Waals surface area contributed by atoms with E-state index in [4.69, 9.17) is 11.6 Å². The summed E-state index contributed by atoms with van der Waals surface area (Å²) in [7, 11) is 0. The largest absolute Gasteiger partial charge is 0.366 e. The second-order valence-corrected chi connectivity index (χ2v) is 5.00. The Bertz CT molecular complexity index is 300. The van der Waals surface area contributed by atoms with Crippen LogP contribution in [0.2, 0.25) is 5.02 Å². The number of halogens is 1. The van der Waals surface area contributed by atoms with Crippen molar-refractivity contribution >= 4 is 29.2 Å². The Morgan fingerprint density at radius 2 is 2.21 bits per heavy atom. The van der Waals surface area contributed by atoms with E-state index < -0.39 is 0 Å². The Balaban J connectivity index is 1.99. The summed E-state index contributed by atoms with van der Waals surface area (Å²) in [4.78, 5) is 4.22. The summed E-state index contributed by atoms with van der Waals surface area (Å²) in [6.45, 7) is 0. The van der Waals surface area contributed by atoms with Crippen LogP contribution in [0.3, 0.4) is 0 Å². The molecule has 14 heavy (non-hydrogen) atoms. The van der Waals surface area contributed by atoms with Crippen LogP contribution >= 0.6 is 23.4 Å². The minimum Gasteiger partial charge on any atom is -0.366 e. The van der Waals surface area contributed by atoms with Gasteiger partial charge in [0.05, 0.1) is 5.02 Å². The van der Waals surface area contributed by atoms with Gasteiger partial charge in [0.1, 0.15) is 5.82 Å². The number of nitrogens with zero attached hydrogens (tertiary/aromatic N) is 1. The van der Waals surface area contributed by atoms with Gasteiger partial charge in [-0.15, -0.1) is 0 Å². The minimum atomic E-state index is 0.545. The van der Waals surface area contributed by atoms with E-state index in [1.54, 1.807) is 6.20 Å². The molecule has 0 aliphatic carbocycles. The van der Waals surface area contributed by atoms with Crippen LogP contribution < -0.4 is 5.32 Å². The SMILES string of the molecule is Clc1cccnc1NC1CCSCC1. The molecular formula is C10H13ClN2S. The maximum absolute atomic E-state index is 6.01. The molecule has 0 radical (unpaired) electrons. The monoisotopic (exact) mass is 228 g/mol. The lowest BCUT2D eigenvalue weighted by atomic mass is 10.1. The molecule has 1 saturated heterocycles. The molecular weight excluding hydrogens is 216 g/mol. The Morgan fingerprint density at radius 3 is 2.93 bits per heavy atom. The molecule has 1 aliphatic rings. The van der Waals surface area contributed by atoms with Crippen molar-refractivity contribution in [3.63, 3.8) is 0 Å². The van der Waals surface area contributed by atoms with E-state index in [0.717, 1.165) is 5.82 Å². The molecule has 0 atom stereocenters. The first-order valence-corrected chi connectivity index (χ1v) is 6.34. The molecule has 0 unspecified atom stereocenters. The van der Waals surface area contributed by atoms with Crippen LogP contribution in [0.1, 0.15) is 12.8 Å². The van der Waals surface area contributed by atoms with Crippen LogP contribution in [0.5, 0.6) is 0 Å². The van der Waals surface area contributed by atoms with Gasteiger partial charge in [0.15, 0.2) is 0 Å². The fraction of sp³-hybridized carbons (Fsp3) is 0.500. The predicted octanol–water partition coefficient (Wildman–Crippen LogP) is 3.04. The number of thioether (sulfide) groups is 1. The Hall–Kier alpha value is -0.410. The van der Waals surface area contributed by atoms with E-state index in [9.17, 15) is 0 Å². The number of rotatable bonds is 2. The lowest BCUT2D eigenvalue weighted by molar-refractivity contribution is 0.664. The molecule has 4 heteroatoms. The quantitative estimate of drug-likeness (QED) is 0.843. The highest BCUT2D eigenvalue weighted by atomic mass is 35.5. The maximum atomic E-state index is 6.01. The van der Waals surface area contributed by atoms with Crippen molar-refractivity contribution in [3.8, 4) is 0 Å². The number of anilines is 1. The van der Waals surface area contributed by atoms with E-state index in [1.165, 1.54) is 24.3 Å². The first-order chi connectivity index (χ1) is 6.86. The molecule has 0 aromatic carbocycles. The lowest BCUT2D eigenvalue weighted by Crippen LogP contribution is -2.25. The van der Waals surface area contributed by atoms with Crippen molar-refractivity contribution in [2.75, 3.05) is 16.8 Å². The van der Waals surface area contributed by atoms with Crippen molar-refractivity contribution < 1.29 is 0 Å². The van der Waals surface area contributed by atoms with Crippen LogP contribution in [0.25, 0.3) is 0 Å². The van der Waals surface area contributed by atoms with Crippen molar-refractivity contribution in [1.29, 1.82) is 0 Å². The van der Waals surface area contributed by atoms with Crippen LogP contribution in [-0.2, 0) is 0 Å². The highest BCUT2D eigenvalue weighted by Gasteiger charge is 2.14. The van der Waals surface area contributed by atoms with Gasteiger partial charge in [0, 0.05) is 12.2 Å². The average Bonchev–Trinajstić information content (AvgIpc) is 2.23. The third kappa shape index (κ3) is 2.55. The second-order valence-electron chi connectivity index (χ2n) is 3.36. The number of nitrogens with one attached hydrogen (secondary N) is 1. The molecule has 2 nitrogen and oxygen atoms in total. The fourth-order valence-corrected chi connectivity index (χ4v) is 2.81. The standard InChI is InChI=1S/C10H13ClN2S/c11-9-2-1-5-12-10(9)13-8-3-6-14-7-4-8/h1-2,5,8H,3-4,6-7H2,(H,12,13). The van der Waals surface area contributed by atoms with Gasteiger partial charge in [-0.2, -0.15) is 11.8 Å². The van der Waals surface area contributed by atoms with Crippen molar-refractivity contribution in [2.24, 2.45) is 0 Å². The molecule has 0 spiro atoms. The first kappa shape index (κ1) is 10.1. The third-order valence-corrected chi connectivity index (χ3v) is 3.67. The summed E-state index contributed by atoms with van der Waals surface area (Å²) in [5.41, 5.74) is 0. The smallest absolute Gasteiger partial charge is 0.144 e. The Morgan fingerprint density at radius 1 is 1.43 bits per heavy atom. The molecule has 2 rings (SSSR count). The summed E-state index contributed by atoms with van der Waals surface area (Å²) in [5, 5.41) is 4.11. The van der Waals surface area contributed by atoms with E-state index in [2.05, 4.69) is 10.3 Å². The van der Waals surface area contributed by atoms with Gasteiger partial charge in [0.2, 0.25) is 0 Å². The van der Waals surface area contributed by atoms with Gasteiger partial charge in [0.25, 0.3) is 0 Å². The zero-order valence-corrected chi connectivity index (χ0v) is 9.44. The van der Waals surface area contributed by atoms with E-state index in [-0.39, 0.29) is 0 Å². The van der Waals surface area contributed by atoms with E-state index >= 15 is 0 Å². The summed E-state index contributed by atoms with van der Waals surface area (Å²) in [6, 6.07) is 4.27. The normalized spacial score (nSPS) is 18.1. The summed E-state index contributed by atoms with van der Waals surface area (Å²) in [6.07, 6.45) is 4.18. The van der Waals surface area contributed by atoms with Gasteiger partial charge in [-0.25, -0.2) is 4.98 Å². The zero-order valence-electron chi connectivity index (χ0n) is 7.87. The maximum Gasteiger partial charge on any atom is 0.144 e. The molecule has 0 saturated carbocycles. The summed E-state index contributed by atoms with van der Waals surface area (Å²) < 4.78 is 0. The average molecular weight is 229 g/mol. The molecule has 1 fully saturated rings. The topological polar surface area (TPSA) is 24.9 Å². The van der Waals surface area contributed by atoms with Crippen molar-refractivity contribution in [3.05, 3.63) is 23.4 Å². The second kappa shape index (κ2) is 4.89. The number of hydrogen-bond acceptors (Lipinski definition) is 3. The van der Waals surface area contributed by atoms with Gasteiger partial charge < -0.3 is 5.32 Å². The van der Waals surface area contributed by atoms with E-state index in [0.29, 0.717) is 11.1 Å². The molecule has 76 valence electrons. The highest BCUT2D eigenvalue weighted by Crippen LogP contribution is 2.23. The van der Waals surface area contributed by atoms with Crippen LogP contribution in [-0.4, -0.2) is 22.5 Å². The number of pyridine rings is 1. The predicted molar refractivity (Wildman–Crippen MR) is 63.2 cm³/mol. The number of aromatic nitrogens is 1. The minimum absolute atomic E-state index is 0.545. The number of hydrogen-bond donors (Lipinski definition) is 1. The van der Waals surface area contributed by atoms with Gasteiger partial charge in [-0.1, -0.05) is 11.6 Å². The van der Waals surface area contributed by atoms with Gasteiger partial charge >= 0.3 is 0 Å². The zero-order chi connectivity index (χ0) is 9.80. The van der Waals surface area contributed by atoms with Gasteiger partial charge in [-0.3, -0.25) is 0 Å². The molecule has 1 aliphatic heterocycles. The first-order valence-electron chi connectivity index (χ1n) is 4.81. The molecule has 1 aromatic rings. The summed E-state index contributed by atoms with van der Waals surface area (Å²) >= 11 is 8.03.